The van der Waals surface area contributed by atoms with E-state index in [1.807, 2.05) is 0 Å². The molecule has 17 heavy (non-hydrogen) atoms. The van der Waals surface area contributed by atoms with Crippen molar-refractivity contribution in [2.45, 2.75) is 32.3 Å². The third kappa shape index (κ3) is 2.86. The van der Waals surface area contributed by atoms with Crippen LogP contribution in [0, 0.1) is 0 Å². The Morgan fingerprint density at radius 1 is 1.35 bits per heavy atom. The molecular formula is C14H19NO2. The first-order chi connectivity index (χ1) is 7.97. The average molecular weight is 233 g/mol. The molecule has 3 heteroatoms. The second-order valence-electron chi connectivity index (χ2n) is 5.48. The maximum absolute atomic E-state index is 11.0. The van der Waals surface area contributed by atoms with Crippen LogP contribution >= 0.6 is 0 Å². The van der Waals surface area contributed by atoms with E-state index < -0.39 is 0 Å². The fourth-order valence-corrected chi connectivity index (χ4v) is 1.91. The van der Waals surface area contributed by atoms with Crippen LogP contribution in [0.3, 0.4) is 0 Å². The van der Waals surface area contributed by atoms with Crippen LogP contribution in [0.1, 0.15) is 38.0 Å². The van der Waals surface area contributed by atoms with Gasteiger partial charge in [-0.3, -0.25) is 4.79 Å². The predicted molar refractivity (Wildman–Crippen MR) is 66.8 cm³/mol. The first-order valence-electron chi connectivity index (χ1n) is 5.95. The van der Waals surface area contributed by atoms with Crippen molar-refractivity contribution in [2.24, 2.45) is 0 Å². The van der Waals surface area contributed by atoms with Gasteiger partial charge in [0.2, 0.25) is 5.91 Å². The molecule has 0 spiro atoms. The van der Waals surface area contributed by atoms with E-state index in [1.165, 1.54) is 5.56 Å². The highest BCUT2D eigenvalue weighted by Crippen LogP contribution is 2.26. The van der Waals surface area contributed by atoms with Crippen LogP contribution in [-0.2, 0) is 14.9 Å². The standard InChI is InChI=1S/C14H19NO2/c1-14(2,3)11-6-4-5-10(7-11)12-8-15-13(16)9-17-12/h4-7,12H,8-9H2,1-3H3,(H,15,16)/t12-/m0/s1. The molecule has 1 fully saturated rings. The summed E-state index contributed by atoms with van der Waals surface area (Å²) in [5.74, 6) is -0.0341. The highest BCUT2D eigenvalue weighted by Gasteiger charge is 2.21. The van der Waals surface area contributed by atoms with Crippen LogP contribution in [0.4, 0.5) is 0 Å². The lowest BCUT2D eigenvalue weighted by atomic mass is 9.85. The molecule has 1 aromatic rings. The lowest BCUT2D eigenvalue weighted by Crippen LogP contribution is -2.38. The molecule has 1 N–H and O–H groups in total. The molecule has 0 saturated carbocycles. The van der Waals surface area contributed by atoms with Crippen molar-refractivity contribution in [1.82, 2.24) is 5.32 Å². The summed E-state index contributed by atoms with van der Waals surface area (Å²) in [4.78, 5) is 11.0. The van der Waals surface area contributed by atoms with Gasteiger partial charge in [0.05, 0.1) is 0 Å². The van der Waals surface area contributed by atoms with Crippen LogP contribution in [-0.4, -0.2) is 19.1 Å². The van der Waals surface area contributed by atoms with Crippen molar-refractivity contribution in [2.75, 3.05) is 13.2 Å². The van der Waals surface area contributed by atoms with Gasteiger partial charge in [0.25, 0.3) is 0 Å². The van der Waals surface area contributed by atoms with Gasteiger partial charge in [-0.2, -0.15) is 0 Å². The van der Waals surface area contributed by atoms with E-state index in [9.17, 15) is 4.79 Å². The lowest BCUT2D eigenvalue weighted by molar-refractivity contribution is -0.133. The summed E-state index contributed by atoms with van der Waals surface area (Å²) in [5.41, 5.74) is 2.56. The normalized spacial score (nSPS) is 21.1. The van der Waals surface area contributed by atoms with E-state index in [1.54, 1.807) is 0 Å². The van der Waals surface area contributed by atoms with Crippen LogP contribution in [0.25, 0.3) is 0 Å². The predicted octanol–water partition coefficient (Wildman–Crippen LogP) is 2.17. The van der Waals surface area contributed by atoms with Crippen molar-refractivity contribution in [3.63, 3.8) is 0 Å². The largest absolute Gasteiger partial charge is 0.362 e. The van der Waals surface area contributed by atoms with Crippen LogP contribution < -0.4 is 5.32 Å². The Morgan fingerprint density at radius 2 is 2.12 bits per heavy atom. The van der Waals surface area contributed by atoms with E-state index in [0.717, 1.165) is 5.56 Å². The van der Waals surface area contributed by atoms with Crippen molar-refractivity contribution in [3.05, 3.63) is 35.4 Å². The Morgan fingerprint density at radius 3 is 2.71 bits per heavy atom. The smallest absolute Gasteiger partial charge is 0.246 e. The summed E-state index contributed by atoms with van der Waals surface area (Å²) in [5, 5.41) is 2.82. The quantitative estimate of drug-likeness (QED) is 0.807. The summed E-state index contributed by atoms with van der Waals surface area (Å²) in [6, 6.07) is 8.40. The topological polar surface area (TPSA) is 38.3 Å². The number of hydrogen-bond donors (Lipinski definition) is 1. The molecule has 1 saturated heterocycles. The minimum atomic E-state index is -0.0341. The average Bonchev–Trinajstić information content (AvgIpc) is 2.29. The summed E-state index contributed by atoms with van der Waals surface area (Å²) >= 11 is 0. The zero-order valence-electron chi connectivity index (χ0n) is 10.6. The molecule has 0 bridgehead atoms. The lowest BCUT2D eigenvalue weighted by Gasteiger charge is -2.26. The molecule has 0 aromatic heterocycles. The van der Waals surface area contributed by atoms with Crippen LogP contribution in [0.15, 0.2) is 24.3 Å². The number of morpholine rings is 1. The number of carbonyl (C=O) groups excluding carboxylic acids is 1. The number of benzene rings is 1. The molecule has 0 unspecified atom stereocenters. The molecule has 0 radical (unpaired) electrons. The molecule has 1 aromatic carbocycles. The van der Waals surface area contributed by atoms with E-state index in [-0.39, 0.29) is 24.0 Å². The Hall–Kier alpha value is -1.35. The Balaban J connectivity index is 2.19. The van der Waals surface area contributed by atoms with Crippen LogP contribution in [0.5, 0.6) is 0 Å². The molecule has 1 heterocycles. The Kier molecular flexibility index (Phi) is 3.20. The second-order valence-corrected chi connectivity index (χ2v) is 5.48. The number of ether oxygens (including phenoxy) is 1. The van der Waals surface area contributed by atoms with Gasteiger partial charge in [0.15, 0.2) is 0 Å². The van der Waals surface area contributed by atoms with Gasteiger partial charge >= 0.3 is 0 Å². The third-order valence-electron chi connectivity index (χ3n) is 3.02. The zero-order valence-corrected chi connectivity index (χ0v) is 10.6. The van der Waals surface area contributed by atoms with Crippen molar-refractivity contribution >= 4 is 5.91 Å². The first kappa shape index (κ1) is 12.1. The van der Waals surface area contributed by atoms with Crippen molar-refractivity contribution < 1.29 is 9.53 Å². The Labute approximate surface area is 102 Å². The minimum absolute atomic E-state index is 0.0185. The number of nitrogens with one attached hydrogen (secondary N) is 1. The molecule has 92 valence electrons. The number of rotatable bonds is 1. The molecular weight excluding hydrogens is 214 g/mol. The Bertz CT molecular complexity index is 410. The van der Waals surface area contributed by atoms with Gasteiger partial charge in [-0.05, 0) is 16.5 Å². The summed E-state index contributed by atoms with van der Waals surface area (Å²) in [6.07, 6.45) is -0.0185. The van der Waals surface area contributed by atoms with Gasteiger partial charge < -0.3 is 10.1 Å². The number of amides is 1. The third-order valence-corrected chi connectivity index (χ3v) is 3.02. The SMILES string of the molecule is CC(C)(C)c1cccc([C@@H]2CNC(=O)CO2)c1. The van der Waals surface area contributed by atoms with Gasteiger partial charge in [0.1, 0.15) is 12.7 Å². The number of hydrogen-bond acceptors (Lipinski definition) is 2. The first-order valence-corrected chi connectivity index (χ1v) is 5.95. The van der Waals surface area contributed by atoms with E-state index in [4.69, 9.17) is 4.74 Å². The number of carbonyl (C=O) groups is 1. The molecule has 2 rings (SSSR count). The van der Waals surface area contributed by atoms with Crippen molar-refractivity contribution in [1.29, 1.82) is 0 Å². The summed E-state index contributed by atoms with van der Waals surface area (Å²) in [7, 11) is 0. The van der Waals surface area contributed by atoms with Gasteiger partial charge in [0, 0.05) is 6.54 Å². The van der Waals surface area contributed by atoms with Gasteiger partial charge in [-0.1, -0.05) is 45.0 Å². The maximum atomic E-state index is 11.0. The molecule has 1 aliphatic rings. The molecule has 0 aliphatic carbocycles. The monoisotopic (exact) mass is 233 g/mol. The molecule has 1 amide bonds. The van der Waals surface area contributed by atoms with E-state index in [2.05, 4.69) is 50.4 Å². The fourth-order valence-electron chi connectivity index (χ4n) is 1.91. The molecule has 3 nitrogen and oxygen atoms in total. The summed E-state index contributed by atoms with van der Waals surface area (Å²) < 4.78 is 5.53. The summed E-state index contributed by atoms with van der Waals surface area (Å²) in [6.45, 7) is 7.29. The maximum Gasteiger partial charge on any atom is 0.246 e. The highest BCUT2D eigenvalue weighted by molar-refractivity contribution is 5.77. The van der Waals surface area contributed by atoms with Gasteiger partial charge in [-0.25, -0.2) is 0 Å². The molecule has 1 aliphatic heterocycles. The molecule has 1 atom stereocenters. The zero-order chi connectivity index (χ0) is 12.5. The minimum Gasteiger partial charge on any atom is -0.362 e. The van der Waals surface area contributed by atoms with Crippen LogP contribution in [0.2, 0.25) is 0 Å². The fraction of sp³-hybridized carbons (Fsp3) is 0.500. The highest BCUT2D eigenvalue weighted by atomic mass is 16.5. The van der Waals surface area contributed by atoms with Crippen molar-refractivity contribution in [3.8, 4) is 0 Å². The van der Waals surface area contributed by atoms with E-state index >= 15 is 0 Å². The van der Waals surface area contributed by atoms with E-state index in [0.29, 0.717) is 6.54 Å². The van der Waals surface area contributed by atoms with Gasteiger partial charge in [-0.15, -0.1) is 0 Å². The second kappa shape index (κ2) is 4.49.